The third-order valence-electron chi connectivity index (χ3n) is 17.9. The third kappa shape index (κ3) is 9.09. The molecule has 1 unspecified atom stereocenters. The Balaban J connectivity index is 0.712. The molecule has 75 heavy (non-hydrogen) atoms. The number of hydrogen-bond donors (Lipinski definition) is 2. The molecule has 392 valence electrons. The number of likely N-dealkylation sites (tertiary alicyclic amines) is 3. The first kappa shape index (κ1) is 49.1. The van der Waals surface area contributed by atoms with E-state index in [0.29, 0.717) is 95.3 Å². The van der Waals surface area contributed by atoms with Crippen LogP contribution in [-0.2, 0) is 29.4 Å². The maximum absolute atomic E-state index is 15.3. The fourth-order valence-electron chi connectivity index (χ4n) is 13.4. The van der Waals surface area contributed by atoms with Gasteiger partial charge in [-0.1, -0.05) is 24.6 Å². The molecule has 17 nitrogen and oxygen atoms in total. The maximum atomic E-state index is 15.3. The largest absolute Gasteiger partial charge is 0.357 e. The Labute approximate surface area is 436 Å². The van der Waals surface area contributed by atoms with Gasteiger partial charge in [0.1, 0.15) is 11.3 Å². The normalized spacial score (nSPS) is 23.7. The monoisotopic (exact) mass is 1020 g/mol. The van der Waals surface area contributed by atoms with Gasteiger partial charge in [-0.15, -0.1) is 0 Å². The summed E-state index contributed by atoms with van der Waals surface area (Å²) in [5.74, 6) is 0.0871. The number of amides is 5. The number of nitrogens with one attached hydrogen (secondary N) is 2. The zero-order chi connectivity index (χ0) is 51.5. The van der Waals surface area contributed by atoms with Gasteiger partial charge in [-0.05, 0) is 133 Å². The number of nitrogens with zero attached hydrogens (tertiary/aromatic N) is 10. The molecule has 5 amide bonds. The summed E-state index contributed by atoms with van der Waals surface area (Å²) >= 11 is 0. The molecule has 5 saturated heterocycles. The van der Waals surface area contributed by atoms with E-state index >= 15 is 9.18 Å². The fraction of sp³-hybridized carbons (Fsp3) is 0.526. The van der Waals surface area contributed by atoms with Crippen LogP contribution in [0.25, 0.3) is 22.3 Å². The highest BCUT2D eigenvalue weighted by molar-refractivity contribution is 6.09. The number of rotatable bonds is 10. The molecule has 7 aliphatic rings. The minimum absolute atomic E-state index is 0.0740. The van der Waals surface area contributed by atoms with Gasteiger partial charge in [0.25, 0.3) is 0 Å². The van der Waals surface area contributed by atoms with E-state index in [1.807, 2.05) is 32.6 Å². The lowest BCUT2D eigenvalue weighted by Crippen LogP contribution is -2.58. The number of fused-ring (bicyclic) bond motifs is 3. The molecule has 1 saturated carbocycles. The molecule has 4 aromatic heterocycles. The Hall–Kier alpha value is -6.82. The summed E-state index contributed by atoms with van der Waals surface area (Å²) in [6.07, 6.45) is 16.4. The molecule has 1 aromatic carbocycles. The molecule has 0 radical (unpaired) electrons. The Morgan fingerprint density at radius 1 is 0.787 bits per heavy atom. The second-order valence-corrected chi connectivity index (χ2v) is 22.5. The van der Waals surface area contributed by atoms with E-state index in [4.69, 9.17) is 9.97 Å². The first-order valence-electron chi connectivity index (χ1n) is 27.5. The Kier molecular flexibility index (Phi) is 13.1. The predicted molar refractivity (Wildman–Crippen MR) is 282 cm³/mol. The second-order valence-electron chi connectivity index (χ2n) is 22.5. The van der Waals surface area contributed by atoms with Gasteiger partial charge in [0.2, 0.25) is 29.5 Å². The molecule has 6 fully saturated rings. The molecule has 6 aliphatic heterocycles. The second kappa shape index (κ2) is 20.0. The number of aromatic nitrogens is 5. The number of pyridine rings is 3. The number of piperidine rings is 5. The van der Waals surface area contributed by atoms with Crippen LogP contribution in [0.1, 0.15) is 120 Å². The van der Waals surface area contributed by atoms with Crippen LogP contribution in [0, 0.1) is 17.7 Å². The molecule has 1 atom stereocenters. The predicted octanol–water partition coefficient (Wildman–Crippen LogP) is 7.25. The average molecular weight is 1020 g/mol. The summed E-state index contributed by atoms with van der Waals surface area (Å²) in [7, 11) is 0. The molecule has 18 heteroatoms. The van der Waals surface area contributed by atoms with Crippen molar-refractivity contribution in [2.75, 3.05) is 67.5 Å². The van der Waals surface area contributed by atoms with E-state index in [2.05, 4.69) is 67.3 Å². The van der Waals surface area contributed by atoms with Gasteiger partial charge in [0, 0.05) is 99.3 Å². The molecular formula is C57H67FN12O5. The van der Waals surface area contributed by atoms with E-state index in [1.165, 1.54) is 25.5 Å². The molecule has 5 aromatic rings. The number of imidazole rings is 1. The van der Waals surface area contributed by atoms with Crippen LogP contribution >= 0.6 is 0 Å². The molecular weight excluding hydrogens is 952 g/mol. The SMILES string of the molecule is CC(C)n1cnc2cc(-c3ccc4c(c3)N([C@H]3C[C@@H](N5CCCCC5)C3)C(=O)C43CCN(C(=O)C4CCN(C(=O)C5CCN(c6ccc(C7CCC(=O)NC7=O)cn6)CC5)CC4)CC3)nc(Nc3ccncc3F)c21. The van der Waals surface area contributed by atoms with Gasteiger partial charge >= 0.3 is 0 Å². The quantitative estimate of drug-likeness (QED) is 0.134. The van der Waals surface area contributed by atoms with Crippen molar-refractivity contribution in [2.24, 2.45) is 11.8 Å². The standard InChI is InChI=1S/C57H67FN12O5/c1-35(2)69-34-61-47-31-46(63-52(51(47)69)62-45-12-19-59-33-44(45)58)38-6-9-43-48(28-38)70(41-29-40(30-41)65-20-4-3-5-21-65)56(75)57(43)17-26-68(27-18-57)55(74)37-15-24-67(25-16-37)54(73)36-13-22-66(23-14-36)49-10-7-39(32-60-49)42-8-11-50(71)64-53(42)72/h6-7,9-10,12,19,28,31-37,40-42H,3-5,8,11,13-18,20-27,29-30H2,1-2H3,(H,59,62,63)(H,64,71,72)/t40-,41+,42?. The number of carbonyl (C=O) groups is 5. The van der Waals surface area contributed by atoms with Crippen LogP contribution in [-0.4, -0.2) is 133 Å². The highest BCUT2D eigenvalue weighted by Crippen LogP contribution is 2.52. The van der Waals surface area contributed by atoms with E-state index in [0.717, 1.165) is 78.0 Å². The number of anilines is 4. The van der Waals surface area contributed by atoms with Crippen molar-refractivity contribution in [1.82, 2.24) is 44.5 Å². The lowest BCUT2D eigenvalue weighted by molar-refractivity contribution is -0.144. The van der Waals surface area contributed by atoms with Crippen LogP contribution in [0.2, 0.25) is 0 Å². The van der Waals surface area contributed by atoms with Gasteiger partial charge in [-0.2, -0.15) is 0 Å². The summed E-state index contributed by atoms with van der Waals surface area (Å²) in [6.45, 7) is 9.86. The minimum Gasteiger partial charge on any atom is -0.357 e. The van der Waals surface area contributed by atoms with Gasteiger partial charge in [0.05, 0.1) is 40.8 Å². The minimum atomic E-state index is -0.749. The van der Waals surface area contributed by atoms with E-state index < -0.39 is 11.2 Å². The van der Waals surface area contributed by atoms with Crippen LogP contribution in [0.15, 0.2) is 67.4 Å². The Morgan fingerprint density at radius 2 is 1.51 bits per heavy atom. The van der Waals surface area contributed by atoms with Crippen molar-refractivity contribution in [2.45, 2.75) is 127 Å². The average Bonchev–Trinajstić information content (AvgIpc) is 3.96. The first-order valence-corrected chi connectivity index (χ1v) is 27.5. The van der Waals surface area contributed by atoms with Crippen molar-refractivity contribution >= 4 is 63.6 Å². The van der Waals surface area contributed by atoms with Gasteiger partial charge < -0.3 is 34.4 Å². The van der Waals surface area contributed by atoms with Crippen LogP contribution in [0.3, 0.4) is 0 Å². The molecule has 10 heterocycles. The summed E-state index contributed by atoms with van der Waals surface area (Å²) in [5.41, 5.74) is 5.23. The summed E-state index contributed by atoms with van der Waals surface area (Å²) < 4.78 is 17.1. The highest BCUT2D eigenvalue weighted by Gasteiger charge is 2.56. The summed E-state index contributed by atoms with van der Waals surface area (Å²) in [5, 5.41) is 5.67. The topological polar surface area (TPSA) is 182 Å². The molecule has 2 N–H and O–H groups in total. The first-order chi connectivity index (χ1) is 36.4. The van der Waals surface area contributed by atoms with Crippen molar-refractivity contribution in [3.8, 4) is 11.3 Å². The summed E-state index contributed by atoms with van der Waals surface area (Å²) in [6, 6.07) is 14.3. The maximum Gasteiger partial charge on any atom is 0.238 e. The van der Waals surface area contributed by atoms with Crippen molar-refractivity contribution in [1.29, 1.82) is 0 Å². The van der Waals surface area contributed by atoms with E-state index in [-0.39, 0.29) is 65.1 Å². The zero-order valence-electron chi connectivity index (χ0n) is 43.1. The lowest BCUT2D eigenvalue weighted by Gasteiger charge is -2.48. The van der Waals surface area contributed by atoms with Crippen molar-refractivity contribution in [3.05, 3.63) is 84.3 Å². The zero-order valence-corrected chi connectivity index (χ0v) is 43.1. The highest BCUT2D eigenvalue weighted by atomic mass is 19.1. The van der Waals surface area contributed by atoms with Gasteiger partial charge in [0.15, 0.2) is 11.6 Å². The number of benzene rings is 1. The smallest absolute Gasteiger partial charge is 0.238 e. The van der Waals surface area contributed by atoms with Crippen molar-refractivity contribution < 1.29 is 28.4 Å². The van der Waals surface area contributed by atoms with Gasteiger partial charge in [-0.3, -0.25) is 34.3 Å². The number of carbonyl (C=O) groups excluding carboxylic acids is 5. The Morgan fingerprint density at radius 3 is 2.19 bits per heavy atom. The molecule has 12 rings (SSSR count). The van der Waals surface area contributed by atoms with Crippen molar-refractivity contribution in [3.63, 3.8) is 0 Å². The fourth-order valence-corrected chi connectivity index (χ4v) is 13.4. The van der Waals surface area contributed by atoms with Crippen LogP contribution in [0.5, 0.6) is 0 Å². The van der Waals surface area contributed by atoms with Gasteiger partial charge in [-0.25, -0.2) is 19.3 Å². The van der Waals surface area contributed by atoms with Crippen LogP contribution in [0.4, 0.5) is 27.4 Å². The number of hydrogen-bond acceptors (Lipinski definition) is 12. The van der Waals surface area contributed by atoms with Crippen LogP contribution < -0.4 is 20.4 Å². The number of halogens is 1. The molecule has 1 aliphatic carbocycles. The lowest BCUT2D eigenvalue weighted by atomic mass is 9.73. The molecule has 1 spiro atoms. The molecule has 0 bridgehead atoms. The third-order valence-corrected chi connectivity index (χ3v) is 17.9. The number of imide groups is 1. The summed E-state index contributed by atoms with van der Waals surface area (Å²) in [4.78, 5) is 96.8. The van der Waals surface area contributed by atoms with E-state index in [9.17, 15) is 19.2 Å². The van der Waals surface area contributed by atoms with E-state index in [1.54, 1.807) is 24.8 Å². The Bertz CT molecular complexity index is 3020.